The first-order valence-corrected chi connectivity index (χ1v) is 15.2. The van der Waals surface area contributed by atoms with Crippen molar-refractivity contribution in [2.75, 3.05) is 39.8 Å². The minimum Gasteiger partial charge on any atom is -0.394 e. The summed E-state index contributed by atoms with van der Waals surface area (Å²) in [5.74, 6) is 5.86. The third-order valence-electron chi connectivity index (χ3n) is 11.3. The lowest BCUT2D eigenvalue weighted by molar-refractivity contribution is -0.130. The first-order valence-electron chi connectivity index (χ1n) is 15.2. The van der Waals surface area contributed by atoms with Crippen LogP contribution in [0.1, 0.15) is 91.9 Å². The van der Waals surface area contributed by atoms with Crippen LogP contribution in [0.15, 0.2) is 0 Å². The molecular formula is C31H54O6. The highest BCUT2D eigenvalue weighted by atomic mass is 16.6. The van der Waals surface area contributed by atoms with E-state index in [-0.39, 0.29) is 43.0 Å². The van der Waals surface area contributed by atoms with Gasteiger partial charge in [0.1, 0.15) is 6.79 Å². The number of fused-ring (bicyclic) bond motifs is 5. The molecule has 4 aliphatic carbocycles. The summed E-state index contributed by atoms with van der Waals surface area (Å²) >= 11 is 0. The van der Waals surface area contributed by atoms with Gasteiger partial charge in [-0.05, 0) is 91.3 Å². The Balaban J connectivity index is 1.66. The molecule has 0 aromatic heterocycles. The fourth-order valence-corrected chi connectivity index (χ4v) is 9.44. The van der Waals surface area contributed by atoms with E-state index in [1.165, 1.54) is 32.1 Å². The largest absolute Gasteiger partial charge is 0.394 e. The summed E-state index contributed by atoms with van der Waals surface area (Å²) in [7, 11) is 0. The van der Waals surface area contributed by atoms with Gasteiger partial charge in [0.25, 0.3) is 0 Å². The second-order valence-electron chi connectivity index (χ2n) is 13.0. The third kappa shape index (κ3) is 5.67. The van der Waals surface area contributed by atoms with Crippen LogP contribution in [0.2, 0.25) is 0 Å². The van der Waals surface area contributed by atoms with Crippen molar-refractivity contribution in [3.63, 3.8) is 0 Å². The van der Waals surface area contributed by atoms with Gasteiger partial charge in [0.2, 0.25) is 0 Å². The van der Waals surface area contributed by atoms with Gasteiger partial charge in [0.15, 0.2) is 0 Å². The molecule has 0 spiro atoms. The Bertz CT molecular complexity index is 703. The maximum absolute atomic E-state index is 9.66. The number of rotatable bonds is 13. The maximum Gasteiger partial charge on any atom is 0.143 e. The Labute approximate surface area is 225 Å². The van der Waals surface area contributed by atoms with E-state index < -0.39 is 0 Å². The number of hydrogen-bond acceptors (Lipinski definition) is 6. The van der Waals surface area contributed by atoms with E-state index >= 15 is 0 Å². The fraction of sp³-hybridized carbons (Fsp3) is 0.935. The summed E-state index contributed by atoms with van der Waals surface area (Å²) in [5, 5.41) is 28.6. The Morgan fingerprint density at radius 1 is 0.973 bits per heavy atom. The zero-order chi connectivity index (χ0) is 26.6. The minimum atomic E-state index is -0.213. The SMILES string of the molecule is CCCCC(C)C1CCC2[C]3C(OCCO)C[C]4CC(OCCO)CCC4(C)C3CC(COCO)C21C. The maximum atomic E-state index is 9.66. The van der Waals surface area contributed by atoms with Crippen molar-refractivity contribution in [3.8, 4) is 0 Å². The van der Waals surface area contributed by atoms with Gasteiger partial charge >= 0.3 is 0 Å². The molecule has 6 heteroatoms. The van der Waals surface area contributed by atoms with Crippen LogP contribution in [0.3, 0.4) is 0 Å². The first kappa shape index (κ1) is 29.7. The predicted octanol–water partition coefficient (Wildman–Crippen LogP) is 4.95. The van der Waals surface area contributed by atoms with Crippen LogP contribution in [0.25, 0.3) is 0 Å². The Kier molecular flexibility index (Phi) is 10.4. The Morgan fingerprint density at radius 3 is 2.43 bits per heavy atom. The zero-order valence-electron chi connectivity index (χ0n) is 23.9. The summed E-state index contributed by atoms with van der Waals surface area (Å²) in [4.78, 5) is 0. The van der Waals surface area contributed by atoms with Crippen molar-refractivity contribution in [1.29, 1.82) is 0 Å². The van der Waals surface area contributed by atoms with Crippen molar-refractivity contribution < 1.29 is 29.5 Å². The number of hydrogen-bond donors (Lipinski definition) is 3. The molecule has 4 rings (SSSR count). The Morgan fingerprint density at radius 2 is 1.73 bits per heavy atom. The van der Waals surface area contributed by atoms with Gasteiger partial charge in [-0.25, -0.2) is 0 Å². The van der Waals surface area contributed by atoms with Crippen LogP contribution < -0.4 is 0 Å². The molecule has 0 amide bonds. The van der Waals surface area contributed by atoms with E-state index in [2.05, 4.69) is 27.7 Å². The van der Waals surface area contributed by atoms with Crippen LogP contribution in [0.4, 0.5) is 0 Å². The van der Waals surface area contributed by atoms with Crippen LogP contribution in [-0.2, 0) is 14.2 Å². The van der Waals surface area contributed by atoms with Crippen LogP contribution in [-0.4, -0.2) is 67.4 Å². The van der Waals surface area contributed by atoms with Gasteiger partial charge in [0, 0.05) is 5.92 Å². The Hall–Kier alpha value is -0.240. The molecule has 4 fully saturated rings. The quantitative estimate of drug-likeness (QED) is 0.297. The lowest BCUT2D eigenvalue weighted by Crippen LogP contribution is -2.60. The van der Waals surface area contributed by atoms with Crippen LogP contribution in [0.5, 0.6) is 0 Å². The van der Waals surface area contributed by atoms with E-state index in [4.69, 9.17) is 14.2 Å². The fourth-order valence-electron chi connectivity index (χ4n) is 9.44. The number of aliphatic hydroxyl groups is 3. The molecule has 214 valence electrons. The van der Waals surface area contributed by atoms with E-state index in [1.807, 2.05) is 0 Å². The minimum absolute atomic E-state index is 0.0505. The summed E-state index contributed by atoms with van der Waals surface area (Å²) in [5.41, 5.74) is 0.266. The van der Waals surface area contributed by atoms with E-state index in [9.17, 15) is 15.3 Å². The lowest BCUT2D eigenvalue weighted by Gasteiger charge is -2.64. The number of aliphatic hydroxyl groups excluding tert-OH is 3. The summed E-state index contributed by atoms with van der Waals surface area (Å²) in [6, 6.07) is 0. The van der Waals surface area contributed by atoms with Crippen molar-refractivity contribution in [3.05, 3.63) is 11.8 Å². The molecule has 4 aliphatic rings. The normalized spacial score (nSPS) is 41.3. The first-order chi connectivity index (χ1) is 17.8. The van der Waals surface area contributed by atoms with E-state index in [1.54, 1.807) is 11.8 Å². The number of unbranched alkanes of at least 4 members (excludes halogenated alkanes) is 1. The molecule has 6 nitrogen and oxygen atoms in total. The van der Waals surface area contributed by atoms with Crippen molar-refractivity contribution >= 4 is 0 Å². The molecule has 0 aromatic carbocycles. The molecule has 2 radical (unpaired) electrons. The van der Waals surface area contributed by atoms with Gasteiger partial charge in [-0.1, -0.05) is 47.0 Å². The summed E-state index contributed by atoms with van der Waals surface area (Å²) < 4.78 is 18.3. The smallest absolute Gasteiger partial charge is 0.143 e. The van der Waals surface area contributed by atoms with Gasteiger partial charge in [-0.3, -0.25) is 0 Å². The molecule has 0 aliphatic heterocycles. The van der Waals surface area contributed by atoms with Gasteiger partial charge in [-0.15, -0.1) is 0 Å². The molecule has 0 aromatic rings. The zero-order valence-corrected chi connectivity index (χ0v) is 23.9. The molecule has 0 heterocycles. The average molecular weight is 523 g/mol. The predicted molar refractivity (Wildman–Crippen MR) is 144 cm³/mol. The second-order valence-corrected chi connectivity index (χ2v) is 13.0. The highest BCUT2D eigenvalue weighted by Crippen LogP contribution is 2.71. The van der Waals surface area contributed by atoms with Crippen LogP contribution in [0, 0.1) is 52.3 Å². The molecular weight excluding hydrogens is 468 g/mol. The van der Waals surface area contributed by atoms with Gasteiger partial charge in [-0.2, -0.15) is 0 Å². The van der Waals surface area contributed by atoms with Gasteiger partial charge < -0.3 is 29.5 Å². The molecule has 37 heavy (non-hydrogen) atoms. The van der Waals surface area contributed by atoms with Gasteiger partial charge in [0.05, 0.1) is 45.2 Å². The molecule has 9 unspecified atom stereocenters. The summed E-state index contributed by atoms with van der Waals surface area (Å²) in [6.45, 7) is 11.1. The average Bonchev–Trinajstić information content (AvgIpc) is 3.26. The molecule has 4 saturated carbocycles. The third-order valence-corrected chi connectivity index (χ3v) is 11.3. The second kappa shape index (κ2) is 13.0. The van der Waals surface area contributed by atoms with Crippen molar-refractivity contribution in [1.82, 2.24) is 0 Å². The van der Waals surface area contributed by atoms with E-state index in [0.29, 0.717) is 49.4 Å². The molecule has 0 bridgehead atoms. The van der Waals surface area contributed by atoms with Crippen molar-refractivity contribution in [2.24, 2.45) is 40.4 Å². The molecule has 3 N–H and O–H groups in total. The topological polar surface area (TPSA) is 88.4 Å². The highest BCUT2D eigenvalue weighted by molar-refractivity contribution is 5.32. The van der Waals surface area contributed by atoms with Crippen LogP contribution >= 0.6 is 0 Å². The highest BCUT2D eigenvalue weighted by Gasteiger charge is 2.66. The lowest BCUT2D eigenvalue weighted by atomic mass is 9.41. The summed E-state index contributed by atoms with van der Waals surface area (Å²) in [6.07, 6.45) is 11.6. The van der Waals surface area contributed by atoms with E-state index in [0.717, 1.165) is 32.1 Å². The standard InChI is InChI=1S/C31H54O6/c1-5-6-7-21(2)25-8-9-26-29-27(17-23(19-35-20-34)31(25,26)4)30(3)11-10-24(36-14-12-32)16-22(30)18-28(29)37-15-13-33/h21,23-28,32-34H,5-20H2,1-4H3. The van der Waals surface area contributed by atoms with Crippen molar-refractivity contribution in [2.45, 2.75) is 104 Å². The molecule has 0 saturated heterocycles. The molecule has 9 atom stereocenters. The number of ether oxygens (including phenoxy) is 3. The monoisotopic (exact) mass is 522 g/mol.